The van der Waals surface area contributed by atoms with Crippen LogP contribution in [-0.4, -0.2) is 0 Å². The van der Waals surface area contributed by atoms with E-state index >= 15 is 0 Å². The molecule has 0 spiro atoms. The average molecular weight is 230 g/mol. The van der Waals surface area contributed by atoms with Crippen LogP contribution in [0.4, 0.5) is 0 Å². The van der Waals surface area contributed by atoms with Crippen molar-refractivity contribution in [2.75, 3.05) is 0 Å². The summed E-state index contributed by atoms with van der Waals surface area (Å²) in [6.45, 7) is 9.46. The maximum absolute atomic E-state index is 2.43. The van der Waals surface area contributed by atoms with Gasteiger partial charge in [-0.1, -0.05) is 63.4 Å². The van der Waals surface area contributed by atoms with Crippen LogP contribution in [0, 0.1) is 18.8 Å². The first-order chi connectivity index (χ1) is 8.00. The Bertz CT molecular complexity index is 367. The minimum Gasteiger partial charge on any atom is -0.0625 e. The van der Waals surface area contributed by atoms with E-state index in [0.717, 1.165) is 11.8 Å². The van der Waals surface area contributed by atoms with Gasteiger partial charge in [0.15, 0.2) is 0 Å². The van der Waals surface area contributed by atoms with Crippen LogP contribution in [-0.2, 0) is 5.41 Å². The van der Waals surface area contributed by atoms with Crippen LogP contribution in [0.15, 0.2) is 24.3 Å². The predicted molar refractivity (Wildman–Crippen MR) is 75.3 cm³/mol. The molecular weight excluding hydrogens is 204 g/mol. The van der Waals surface area contributed by atoms with Crippen molar-refractivity contribution in [2.45, 2.75) is 58.8 Å². The van der Waals surface area contributed by atoms with E-state index in [2.05, 4.69) is 52.0 Å². The fourth-order valence-corrected chi connectivity index (χ4v) is 3.26. The quantitative estimate of drug-likeness (QED) is 0.663. The van der Waals surface area contributed by atoms with E-state index in [0.29, 0.717) is 5.41 Å². The summed E-state index contributed by atoms with van der Waals surface area (Å²) in [7, 11) is 0. The van der Waals surface area contributed by atoms with E-state index < -0.39 is 0 Å². The molecule has 94 valence electrons. The Morgan fingerprint density at radius 2 is 1.71 bits per heavy atom. The monoisotopic (exact) mass is 230 g/mol. The summed E-state index contributed by atoms with van der Waals surface area (Å²) in [4.78, 5) is 0. The summed E-state index contributed by atoms with van der Waals surface area (Å²) in [5, 5.41) is 0. The Labute approximate surface area is 106 Å². The molecule has 1 saturated carbocycles. The average Bonchev–Trinajstić information content (AvgIpc) is 2.29. The van der Waals surface area contributed by atoms with E-state index in [9.17, 15) is 0 Å². The van der Waals surface area contributed by atoms with Crippen molar-refractivity contribution in [3.8, 4) is 0 Å². The minimum atomic E-state index is 0.339. The highest BCUT2D eigenvalue weighted by atomic mass is 14.4. The second kappa shape index (κ2) is 4.84. The van der Waals surface area contributed by atoms with Gasteiger partial charge in [0.2, 0.25) is 0 Å². The summed E-state index contributed by atoms with van der Waals surface area (Å²) >= 11 is 0. The fourth-order valence-electron chi connectivity index (χ4n) is 3.26. The van der Waals surface area contributed by atoms with Crippen molar-refractivity contribution >= 4 is 0 Å². The number of hydrogen-bond acceptors (Lipinski definition) is 0. The second-order valence-electron chi connectivity index (χ2n) is 6.55. The number of rotatable bonds is 2. The summed E-state index contributed by atoms with van der Waals surface area (Å²) in [5.74, 6) is 1.81. The Balaban J connectivity index is 2.18. The lowest BCUT2D eigenvalue weighted by atomic mass is 9.66. The predicted octanol–water partition coefficient (Wildman–Crippen LogP) is 5.10. The third-order valence-corrected chi connectivity index (χ3v) is 4.80. The molecule has 1 aliphatic rings. The van der Waals surface area contributed by atoms with E-state index in [-0.39, 0.29) is 0 Å². The maximum Gasteiger partial charge on any atom is -0.00752 e. The van der Waals surface area contributed by atoms with Gasteiger partial charge in [0.05, 0.1) is 0 Å². The summed E-state index contributed by atoms with van der Waals surface area (Å²) < 4.78 is 0. The van der Waals surface area contributed by atoms with Gasteiger partial charge in [-0.25, -0.2) is 0 Å². The lowest BCUT2D eigenvalue weighted by molar-refractivity contribution is 0.202. The molecule has 2 rings (SSSR count). The minimum absolute atomic E-state index is 0.339. The molecule has 1 aromatic carbocycles. The van der Waals surface area contributed by atoms with Crippen LogP contribution in [0.3, 0.4) is 0 Å². The molecule has 1 fully saturated rings. The SMILES string of the molecule is Cc1cccc(C(C)(C)C2CCC(C)CC2)c1. The van der Waals surface area contributed by atoms with Crippen molar-refractivity contribution in [3.05, 3.63) is 35.4 Å². The highest BCUT2D eigenvalue weighted by Crippen LogP contribution is 2.42. The molecule has 0 amide bonds. The Kier molecular flexibility index (Phi) is 3.61. The third-order valence-electron chi connectivity index (χ3n) is 4.80. The van der Waals surface area contributed by atoms with Gasteiger partial charge in [-0.05, 0) is 42.6 Å². The van der Waals surface area contributed by atoms with Gasteiger partial charge in [0.1, 0.15) is 0 Å². The van der Waals surface area contributed by atoms with E-state index in [1.807, 2.05) is 0 Å². The molecule has 1 aliphatic carbocycles. The highest BCUT2D eigenvalue weighted by Gasteiger charge is 2.33. The molecule has 0 radical (unpaired) electrons. The first kappa shape index (κ1) is 12.7. The lowest BCUT2D eigenvalue weighted by Gasteiger charge is -2.39. The van der Waals surface area contributed by atoms with E-state index in [1.54, 1.807) is 0 Å². The maximum atomic E-state index is 2.43. The summed E-state index contributed by atoms with van der Waals surface area (Å²) in [6.07, 6.45) is 5.64. The van der Waals surface area contributed by atoms with Crippen molar-refractivity contribution in [3.63, 3.8) is 0 Å². The first-order valence-corrected chi connectivity index (χ1v) is 7.07. The second-order valence-corrected chi connectivity index (χ2v) is 6.55. The molecule has 0 aromatic heterocycles. The molecule has 17 heavy (non-hydrogen) atoms. The normalized spacial score (nSPS) is 25.9. The van der Waals surface area contributed by atoms with Crippen LogP contribution >= 0.6 is 0 Å². The standard InChI is InChI=1S/C17H26/c1-13-8-10-15(11-9-13)17(3,4)16-7-5-6-14(2)12-16/h5-7,12-13,15H,8-11H2,1-4H3. The Hall–Kier alpha value is -0.780. The molecular formula is C17H26. The van der Waals surface area contributed by atoms with Crippen LogP contribution < -0.4 is 0 Å². The van der Waals surface area contributed by atoms with Gasteiger partial charge >= 0.3 is 0 Å². The molecule has 0 atom stereocenters. The first-order valence-electron chi connectivity index (χ1n) is 7.07. The summed E-state index contributed by atoms with van der Waals surface area (Å²) in [6, 6.07) is 9.09. The van der Waals surface area contributed by atoms with Gasteiger partial charge in [-0.15, -0.1) is 0 Å². The number of aryl methyl sites for hydroxylation is 1. The van der Waals surface area contributed by atoms with Crippen LogP contribution in [0.5, 0.6) is 0 Å². The van der Waals surface area contributed by atoms with Crippen molar-refractivity contribution in [1.29, 1.82) is 0 Å². The molecule has 0 heteroatoms. The number of benzene rings is 1. The van der Waals surface area contributed by atoms with Crippen LogP contribution in [0.1, 0.15) is 57.6 Å². The van der Waals surface area contributed by atoms with Crippen molar-refractivity contribution < 1.29 is 0 Å². The van der Waals surface area contributed by atoms with Gasteiger partial charge < -0.3 is 0 Å². The molecule has 0 bridgehead atoms. The van der Waals surface area contributed by atoms with E-state index in [1.165, 1.54) is 36.8 Å². The zero-order chi connectivity index (χ0) is 12.5. The lowest BCUT2D eigenvalue weighted by Crippen LogP contribution is -2.31. The molecule has 0 N–H and O–H groups in total. The topological polar surface area (TPSA) is 0 Å². The summed E-state index contributed by atoms with van der Waals surface area (Å²) in [5.41, 5.74) is 3.25. The molecule has 1 aromatic rings. The zero-order valence-corrected chi connectivity index (χ0v) is 11.8. The van der Waals surface area contributed by atoms with Crippen molar-refractivity contribution in [1.82, 2.24) is 0 Å². The molecule has 0 heterocycles. The fraction of sp³-hybridized carbons (Fsp3) is 0.647. The Morgan fingerprint density at radius 1 is 1.06 bits per heavy atom. The van der Waals surface area contributed by atoms with Gasteiger partial charge in [0.25, 0.3) is 0 Å². The smallest absolute Gasteiger partial charge is 0.00752 e. The largest absolute Gasteiger partial charge is 0.0625 e. The molecule has 0 saturated heterocycles. The highest BCUT2D eigenvalue weighted by molar-refractivity contribution is 5.29. The van der Waals surface area contributed by atoms with Gasteiger partial charge in [0, 0.05) is 0 Å². The molecule has 0 unspecified atom stereocenters. The number of hydrogen-bond donors (Lipinski definition) is 0. The van der Waals surface area contributed by atoms with Crippen LogP contribution in [0.25, 0.3) is 0 Å². The molecule has 0 nitrogen and oxygen atoms in total. The van der Waals surface area contributed by atoms with Gasteiger partial charge in [-0.3, -0.25) is 0 Å². The third kappa shape index (κ3) is 2.73. The molecule has 0 aliphatic heterocycles. The van der Waals surface area contributed by atoms with E-state index in [4.69, 9.17) is 0 Å². The van der Waals surface area contributed by atoms with Crippen LogP contribution in [0.2, 0.25) is 0 Å². The Morgan fingerprint density at radius 3 is 2.29 bits per heavy atom. The van der Waals surface area contributed by atoms with Crippen molar-refractivity contribution in [2.24, 2.45) is 11.8 Å². The van der Waals surface area contributed by atoms with Gasteiger partial charge in [-0.2, -0.15) is 0 Å². The zero-order valence-electron chi connectivity index (χ0n) is 11.8.